The first kappa shape index (κ1) is 12.1. The highest BCUT2D eigenvalue weighted by Crippen LogP contribution is 2.25. The van der Waals surface area contributed by atoms with E-state index in [0.717, 1.165) is 0 Å². The third-order valence-electron chi connectivity index (χ3n) is 3.28. The van der Waals surface area contributed by atoms with Crippen molar-refractivity contribution in [3.8, 4) is 0 Å². The van der Waals surface area contributed by atoms with Gasteiger partial charge >= 0.3 is 5.97 Å². The zero-order valence-electron chi connectivity index (χ0n) is 9.63. The zero-order valence-corrected chi connectivity index (χ0v) is 10.4. The number of amides is 1. The smallest absolute Gasteiger partial charge is 0.306 e. The number of hydrogen-bond acceptors (Lipinski definition) is 3. The molecule has 4 nitrogen and oxygen atoms in total. The summed E-state index contributed by atoms with van der Waals surface area (Å²) >= 11 is 1.50. The summed E-state index contributed by atoms with van der Waals surface area (Å²) in [6.45, 7) is 2.97. The van der Waals surface area contributed by atoms with E-state index in [9.17, 15) is 9.59 Å². The van der Waals surface area contributed by atoms with Crippen molar-refractivity contribution in [2.24, 2.45) is 11.8 Å². The Morgan fingerprint density at radius 1 is 1.53 bits per heavy atom. The molecule has 1 fully saturated rings. The van der Waals surface area contributed by atoms with Crippen LogP contribution in [-0.4, -0.2) is 35.0 Å². The van der Waals surface area contributed by atoms with Crippen LogP contribution in [-0.2, 0) is 4.79 Å². The number of rotatable bonds is 2. The number of carboxylic acid groups (broad SMARTS) is 1. The Morgan fingerprint density at radius 2 is 2.29 bits per heavy atom. The van der Waals surface area contributed by atoms with Gasteiger partial charge in [0.15, 0.2) is 0 Å². The molecule has 1 aliphatic rings. The molecule has 0 aromatic carbocycles. The van der Waals surface area contributed by atoms with Crippen LogP contribution in [0.25, 0.3) is 0 Å². The Bertz CT molecular complexity index is 415. The average molecular weight is 253 g/mol. The summed E-state index contributed by atoms with van der Waals surface area (Å²) in [5.74, 6) is -1.03. The van der Waals surface area contributed by atoms with Crippen LogP contribution in [0.15, 0.2) is 16.8 Å². The van der Waals surface area contributed by atoms with Gasteiger partial charge in [-0.05, 0) is 23.8 Å². The number of likely N-dealkylation sites (tertiary alicyclic amines) is 1. The van der Waals surface area contributed by atoms with Crippen LogP contribution in [0.2, 0.25) is 0 Å². The molecular formula is C12H15NO3S. The molecule has 1 aromatic rings. The highest BCUT2D eigenvalue weighted by Gasteiger charge is 2.33. The van der Waals surface area contributed by atoms with Gasteiger partial charge in [-0.3, -0.25) is 9.59 Å². The van der Waals surface area contributed by atoms with E-state index in [1.165, 1.54) is 11.3 Å². The van der Waals surface area contributed by atoms with E-state index in [4.69, 9.17) is 5.11 Å². The summed E-state index contributed by atoms with van der Waals surface area (Å²) in [7, 11) is 0. The minimum atomic E-state index is -0.750. The van der Waals surface area contributed by atoms with Crippen molar-refractivity contribution < 1.29 is 14.7 Å². The number of carbonyl (C=O) groups excluding carboxylic acids is 1. The summed E-state index contributed by atoms with van der Waals surface area (Å²) < 4.78 is 0. The number of hydrogen-bond donors (Lipinski definition) is 1. The summed E-state index contributed by atoms with van der Waals surface area (Å²) in [5.41, 5.74) is 0.705. The predicted molar refractivity (Wildman–Crippen MR) is 65.1 cm³/mol. The first-order chi connectivity index (χ1) is 8.09. The minimum Gasteiger partial charge on any atom is -0.481 e. The highest BCUT2D eigenvalue weighted by atomic mass is 32.1. The molecule has 2 atom stereocenters. The lowest BCUT2D eigenvalue weighted by Gasteiger charge is -2.34. The van der Waals surface area contributed by atoms with E-state index in [2.05, 4.69) is 0 Å². The van der Waals surface area contributed by atoms with Gasteiger partial charge in [0.2, 0.25) is 0 Å². The third kappa shape index (κ3) is 2.49. The van der Waals surface area contributed by atoms with Crippen LogP contribution in [0.4, 0.5) is 0 Å². The molecule has 2 heterocycles. The Hall–Kier alpha value is -1.36. The number of carboxylic acids is 1. The van der Waals surface area contributed by atoms with Gasteiger partial charge < -0.3 is 10.0 Å². The fourth-order valence-electron chi connectivity index (χ4n) is 2.27. The van der Waals surface area contributed by atoms with Crippen molar-refractivity contribution in [2.45, 2.75) is 13.3 Å². The fourth-order valence-corrected chi connectivity index (χ4v) is 2.90. The molecule has 1 N–H and O–H groups in total. The maximum Gasteiger partial charge on any atom is 0.306 e. The largest absolute Gasteiger partial charge is 0.481 e. The van der Waals surface area contributed by atoms with E-state index in [1.54, 1.807) is 11.0 Å². The maximum absolute atomic E-state index is 12.1. The molecule has 0 radical (unpaired) electrons. The first-order valence-electron chi connectivity index (χ1n) is 5.64. The molecule has 5 heteroatoms. The summed E-state index contributed by atoms with van der Waals surface area (Å²) in [6, 6.07) is 1.81. The number of carbonyl (C=O) groups is 2. The predicted octanol–water partition coefficient (Wildman–Crippen LogP) is 1.93. The summed E-state index contributed by atoms with van der Waals surface area (Å²) in [4.78, 5) is 24.8. The first-order valence-corrected chi connectivity index (χ1v) is 6.58. The van der Waals surface area contributed by atoms with Gasteiger partial charge in [0, 0.05) is 18.5 Å². The molecule has 0 bridgehead atoms. The average Bonchev–Trinajstić information content (AvgIpc) is 2.80. The quantitative estimate of drug-likeness (QED) is 0.876. The number of thiophene rings is 1. The molecule has 1 amide bonds. The Kier molecular flexibility index (Phi) is 3.47. The molecule has 0 spiro atoms. The molecule has 2 unspecified atom stereocenters. The number of aliphatic carboxylic acids is 1. The number of nitrogens with zero attached hydrogens (tertiary/aromatic N) is 1. The van der Waals surface area contributed by atoms with Crippen LogP contribution in [0.3, 0.4) is 0 Å². The summed E-state index contributed by atoms with van der Waals surface area (Å²) in [5, 5.41) is 12.7. The van der Waals surface area contributed by atoms with Crippen molar-refractivity contribution >= 4 is 23.2 Å². The van der Waals surface area contributed by atoms with Gasteiger partial charge in [-0.15, -0.1) is 0 Å². The van der Waals surface area contributed by atoms with Gasteiger partial charge in [-0.25, -0.2) is 0 Å². The molecule has 1 saturated heterocycles. The van der Waals surface area contributed by atoms with Crippen molar-refractivity contribution in [2.75, 3.05) is 13.1 Å². The van der Waals surface area contributed by atoms with Crippen LogP contribution in [0.1, 0.15) is 23.7 Å². The summed E-state index contributed by atoms with van der Waals surface area (Å²) in [6.07, 6.45) is 0.548. The molecule has 17 heavy (non-hydrogen) atoms. The van der Waals surface area contributed by atoms with E-state index < -0.39 is 5.97 Å². The second-order valence-electron chi connectivity index (χ2n) is 4.47. The van der Waals surface area contributed by atoms with E-state index in [0.29, 0.717) is 25.1 Å². The zero-order chi connectivity index (χ0) is 12.4. The van der Waals surface area contributed by atoms with Crippen LogP contribution < -0.4 is 0 Å². The maximum atomic E-state index is 12.1. The minimum absolute atomic E-state index is 0.0157. The number of piperidine rings is 1. The van der Waals surface area contributed by atoms with Gasteiger partial charge in [-0.2, -0.15) is 11.3 Å². The molecule has 0 saturated carbocycles. The molecule has 92 valence electrons. The Labute approximate surface area is 104 Å². The Morgan fingerprint density at radius 3 is 2.82 bits per heavy atom. The van der Waals surface area contributed by atoms with Gasteiger partial charge in [0.05, 0.1) is 11.5 Å². The lowest BCUT2D eigenvalue weighted by Crippen LogP contribution is -2.44. The van der Waals surface area contributed by atoms with Crippen LogP contribution in [0, 0.1) is 11.8 Å². The van der Waals surface area contributed by atoms with Gasteiger partial charge in [0.1, 0.15) is 0 Å². The van der Waals surface area contributed by atoms with Crippen molar-refractivity contribution in [3.05, 3.63) is 22.4 Å². The standard InChI is InChI=1S/C12H15NO3S/c1-8-6-13(4-2-10(8)12(15)16)11(14)9-3-5-17-7-9/h3,5,7-8,10H,2,4,6H2,1H3,(H,15,16). The van der Waals surface area contributed by atoms with E-state index in [-0.39, 0.29) is 17.7 Å². The second kappa shape index (κ2) is 4.87. The van der Waals surface area contributed by atoms with E-state index >= 15 is 0 Å². The molecule has 2 rings (SSSR count). The molecule has 0 aliphatic carbocycles. The normalized spacial score (nSPS) is 24.6. The third-order valence-corrected chi connectivity index (χ3v) is 3.96. The van der Waals surface area contributed by atoms with Crippen LogP contribution in [0.5, 0.6) is 0 Å². The van der Waals surface area contributed by atoms with Crippen molar-refractivity contribution in [1.82, 2.24) is 4.90 Å². The topological polar surface area (TPSA) is 57.6 Å². The van der Waals surface area contributed by atoms with E-state index in [1.807, 2.05) is 17.7 Å². The van der Waals surface area contributed by atoms with Crippen molar-refractivity contribution in [1.29, 1.82) is 0 Å². The highest BCUT2D eigenvalue weighted by molar-refractivity contribution is 7.08. The lowest BCUT2D eigenvalue weighted by atomic mass is 9.87. The molecular weight excluding hydrogens is 238 g/mol. The second-order valence-corrected chi connectivity index (χ2v) is 5.25. The molecule has 1 aromatic heterocycles. The SMILES string of the molecule is CC1CN(C(=O)c2ccsc2)CCC1C(=O)O. The lowest BCUT2D eigenvalue weighted by molar-refractivity contribution is -0.145. The van der Waals surface area contributed by atoms with Crippen LogP contribution >= 0.6 is 11.3 Å². The van der Waals surface area contributed by atoms with Gasteiger partial charge in [-0.1, -0.05) is 6.92 Å². The monoisotopic (exact) mass is 253 g/mol. The molecule has 1 aliphatic heterocycles. The van der Waals surface area contributed by atoms with Crippen molar-refractivity contribution in [3.63, 3.8) is 0 Å². The Balaban J connectivity index is 2.02. The fraction of sp³-hybridized carbons (Fsp3) is 0.500. The van der Waals surface area contributed by atoms with Gasteiger partial charge in [0.25, 0.3) is 5.91 Å².